The number of ether oxygens (including phenoxy) is 1. The number of carbonyl (C=O) groups is 1. The molecule has 0 spiro atoms. The first-order chi connectivity index (χ1) is 13.4. The second kappa shape index (κ2) is 7.00. The minimum atomic E-state index is -2.50. The summed E-state index contributed by atoms with van der Waals surface area (Å²) in [6.07, 6.45) is 5.44. The van der Waals surface area contributed by atoms with Crippen molar-refractivity contribution < 1.29 is 18.3 Å². The summed E-state index contributed by atoms with van der Waals surface area (Å²) in [5, 5.41) is 4.22. The van der Waals surface area contributed by atoms with Gasteiger partial charge in [0, 0.05) is 25.7 Å². The van der Waals surface area contributed by atoms with Gasteiger partial charge in [0.1, 0.15) is 5.82 Å². The van der Waals surface area contributed by atoms with Gasteiger partial charge in [-0.05, 0) is 18.6 Å². The Balaban J connectivity index is 1.50. The maximum Gasteiger partial charge on any atom is 0.341 e. The number of carbonyl (C=O) groups excluding carboxylic acids is 1. The van der Waals surface area contributed by atoms with Crippen LogP contribution in [0.1, 0.15) is 28.5 Å². The monoisotopic (exact) mass is 388 g/mol. The molecule has 2 unspecified atom stereocenters. The molecule has 4 rings (SSSR count). The van der Waals surface area contributed by atoms with Crippen LogP contribution in [-0.2, 0) is 17.7 Å². The Labute approximate surface area is 161 Å². The third-order valence-corrected chi connectivity index (χ3v) is 5.39. The van der Waals surface area contributed by atoms with Crippen LogP contribution in [0.5, 0.6) is 0 Å². The molecule has 2 fully saturated rings. The van der Waals surface area contributed by atoms with E-state index in [-0.39, 0.29) is 0 Å². The Bertz CT molecular complexity index is 897. The fourth-order valence-corrected chi connectivity index (χ4v) is 3.79. The summed E-state index contributed by atoms with van der Waals surface area (Å²) in [5.74, 6) is -3.27. The van der Waals surface area contributed by atoms with E-state index in [0.29, 0.717) is 38.2 Å². The van der Waals surface area contributed by atoms with Crippen molar-refractivity contribution in [1.82, 2.24) is 14.8 Å². The molecule has 2 aromatic heterocycles. The second-order valence-corrected chi connectivity index (χ2v) is 7.21. The van der Waals surface area contributed by atoms with E-state index < -0.39 is 23.7 Å². The van der Waals surface area contributed by atoms with Crippen LogP contribution >= 0.6 is 0 Å². The van der Waals surface area contributed by atoms with Crippen LogP contribution in [0.2, 0.25) is 0 Å². The second-order valence-electron chi connectivity index (χ2n) is 7.21. The number of esters is 1. The maximum absolute atomic E-state index is 13.4. The predicted octanol–water partition coefficient (Wildman–Crippen LogP) is 2.93. The third kappa shape index (κ3) is 3.27. The molecule has 1 saturated carbocycles. The number of alkyl halides is 2. The lowest BCUT2D eigenvalue weighted by molar-refractivity contribution is 0.0526. The standard InChI is InChI=1S/C20H22F2N4O2/c1-3-5-17-13(9-26-10-14(8-23-26)19(27)28-4-2)6-7-18(24-17)25-11-15-16(12-25)20(15,21)22/h3,6-8,10,15-16H,1,4-5,9,11-12H2,2H3. The minimum Gasteiger partial charge on any atom is -0.462 e. The number of allylic oxidation sites excluding steroid dienone is 1. The molecule has 1 saturated heterocycles. The molecule has 148 valence electrons. The number of hydrogen-bond donors (Lipinski definition) is 0. The molecular weight excluding hydrogens is 366 g/mol. The van der Waals surface area contributed by atoms with E-state index in [2.05, 4.69) is 11.7 Å². The van der Waals surface area contributed by atoms with E-state index in [0.717, 1.165) is 17.1 Å². The van der Waals surface area contributed by atoms with E-state index in [4.69, 9.17) is 9.72 Å². The molecule has 0 radical (unpaired) electrons. The molecule has 1 aliphatic heterocycles. The van der Waals surface area contributed by atoms with Gasteiger partial charge in [0.25, 0.3) is 5.92 Å². The first-order valence-electron chi connectivity index (χ1n) is 9.36. The number of rotatable bonds is 7. The van der Waals surface area contributed by atoms with Crippen molar-refractivity contribution in [3.63, 3.8) is 0 Å². The third-order valence-electron chi connectivity index (χ3n) is 5.39. The topological polar surface area (TPSA) is 60.2 Å². The first kappa shape index (κ1) is 18.6. The van der Waals surface area contributed by atoms with Crippen molar-refractivity contribution in [2.24, 2.45) is 11.8 Å². The van der Waals surface area contributed by atoms with Gasteiger partial charge in [0.05, 0.1) is 42.4 Å². The minimum absolute atomic E-state index is 0.309. The SMILES string of the molecule is C=CCc1nc(N2CC3C(C2)C3(F)F)ccc1Cn1cc(C(=O)OCC)cn1. The van der Waals surface area contributed by atoms with Crippen LogP contribution in [0, 0.1) is 11.8 Å². The van der Waals surface area contributed by atoms with Gasteiger partial charge >= 0.3 is 5.97 Å². The van der Waals surface area contributed by atoms with Gasteiger partial charge in [-0.15, -0.1) is 6.58 Å². The quantitative estimate of drug-likeness (QED) is 0.539. The molecule has 1 aliphatic carbocycles. The molecule has 0 bridgehead atoms. The number of nitrogens with zero attached hydrogens (tertiary/aromatic N) is 4. The number of halogens is 2. The van der Waals surface area contributed by atoms with Crippen LogP contribution in [0.25, 0.3) is 0 Å². The zero-order valence-corrected chi connectivity index (χ0v) is 15.6. The van der Waals surface area contributed by atoms with Gasteiger partial charge in [-0.25, -0.2) is 18.6 Å². The zero-order valence-electron chi connectivity index (χ0n) is 15.6. The first-order valence-corrected chi connectivity index (χ1v) is 9.36. The highest BCUT2D eigenvalue weighted by Crippen LogP contribution is 2.59. The Hall–Kier alpha value is -2.77. The van der Waals surface area contributed by atoms with E-state index in [1.54, 1.807) is 23.9 Å². The summed E-state index contributed by atoms with van der Waals surface area (Å²) < 4.78 is 33.5. The molecule has 2 aliphatic rings. The summed E-state index contributed by atoms with van der Waals surface area (Å²) in [7, 11) is 0. The van der Waals surface area contributed by atoms with Crippen LogP contribution in [0.15, 0.2) is 37.2 Å². The average molecular weight is 388 g/mol. The summed E-state index contributed by atoms with van der Waals surface area (Å²) in [4.78, 5) is 18.4. The number of fused-ring (bicyclic) bond motifs is 1. The molecule has 0 amide bonds. The van der Waals surface area contributed by atoms with Crippen molar-refractivity contribution in [3.05, 3.63) is 54.0 Å². The summed E-state index contributed by atoms with van der Waals surface area (Å²) >= 11 is 0. The highest BCUT2D eigenvalue weighted by Gasteiger charge is 2.71. The highest BCUT2D eigenvalue weighted by molar-refractivity contribution is 5.88. The number of aromatic nitrogens is 3. The van der Waals surface area contributed by atoms with E-state index in [1.807, 2.05) is 17.0 Å². The van der Waals surface area contributed by atoms with Crippen molar-refractivity contribution in [2.75, 3.05) is 24.6 Å². The van der Waals surface area contributed by atoms with Gasteiger partial charge in [-0.1, -0.05) is 12.1 Å². The van der Waals surface area contributed by atoms with E-state index in [1.165, 1.54) is 6.20 Å². The van der Waals surface area contributed by atoms with Crippen LogP contribution in [-0.4, -0.2) is 46.4 Å². The lowest BCUT2D eigenvalue weighted by Crippen LogP contribution is -2.28. The van der Waals surface area contributed by atoms with E-state index in [9.17, 15) is 13.6 Å². The number of piperidine rings is 1. The fourth-order valence-electron chi connectivity index (χ4n) is 3.79. The maximum atomic E-state index is 13.4. The molecule has 8 heteroatoms. The van der Waals surface area contributed by atoms with Gasteiger partial charge in [0.15, 0.2) is 0 Å². The van der Waals surface area contributed by atoms with Gasteiger partial charge in [-0.2, -0.15) is 5.10 Å². The lowest BCUT2D eigenvalue weighted by Gasteiger charge is -2.22. The molecular formula is C20H22F2N4O2. The number of hydrogen-bond acceptors (Lipinski definition) is 5. The van der Waals surface area contributed by atoms with Gasteiger partial charge in [0.2, 0.25) is 0 Å². The van der Waals surface area contributed by atoms with Crippen molar-refractivity contribution in [3.8, 4) is 0 Å². The molecule has 2 aromatic rings. The van der Waals surface area contributed by atoms with Gasteiger partial charge < -0.3 is 9.64 Å². The predicted molar refractivity (Wildman–Crippen MR) is 99.6 cm³/mol. The number of pyridine rings is 1. The highest BCUT2D eigenvalue weighted by atomic mass is 19.3. The van der Waals surface area contributed by atoms with Crippen LogP contribution < -0.4 is 4.90 Å². The van der Waals surface area contributed by atoms with Crippen molar-refractivity contribution in [1.29, 1.82) is 0 Å². The molecule has 28 heavy (non-hydrogen) atoms. The lowest BCUT2D eigenvalue weighted by atomic mass is 10.1. The largest absolute Gasteiger partial charge is 0.462 e. The van der Waals surface area contributed by atoms with E-state index >= 15 is 0 Å². The smallest absolute Gasteiger partial charge is 0.341 e. The summed E-state index contributed by atoms with van der Waals surface area (Å²) in [5.41, 5.74) is 2.17. The Kier molecular flexibility index (Phi) is 4.64. The zero-order chi connectivity index (χ0) is 19.9. The van der Waals surface area contributed by atoms with Crippen molar-refractivity contribution >= 4 is 11.8 Å². The van der Waals surface area contributed by atoms with Gasteiger partial charge in [-0.3, -0.25) is 4.68 Å². The normalized spacial score (nSPS) is 22.0. The Morgan fingerprint density at radius 3 is 2.82 bits per heavy atom. The summed E-state index contributed by atoms with van der Waals surface area (Å²) in [6, 6.07) is 3.80. The molecule has 6 nitrogen and oxygen atoms in total. The van der Waals surface area contributed by atoms with Crippen LogP contribution in [0.4, 0.5) is 14.6 Å². The molecule has 2 atom stereocenters. The molecule has 3 heterocycles. The Morgan fingerprint density at radius 1 is 1.39 bits per heavy atom. The molecule has 0 aromatic carbocycles. The average Bonchev–Trinajstić information content (AvgIpc) is 3.13. The van der Waals surface area contributed by atoms with Crippen molar-refractivity contribution in [2.45, 2.75) is 25.8 Å². The Morgan fingerprint density at radius 2 is 2.14 bits per heavy atom. The molecule has 0 N–H and O–H groups in total. The fraction of sp³-hybridized carbons (Fsp3) is 0.450. The number of anilines is 1. The summed E-state index contributed by atoms with van der Waals surface area (Å²) in [6.45, 7) is 6.98. The van der Waals surface area contributed by atoms with Crippen LogP contribution in [0.3, 0.4) is 0 Å².